The van der Waals surface area contributed by atoms with Crippen LogP contribution in [0.3, 0.4) is 0 Å². The third kappa shape index (κ3) is 1.80. The van der Waals surface area contributed by atoms with E-state index in [4.69, 9.17) is 16.7 Å². The van der Waals surface area contributed by atoms with Gasteiger partial charge in [0.15, 0.2) is 0 Å². The average Bonchev–Trinajstić information content (AvgIpc) is 2.41. The van der Waals surface area contributed by atoms with Crippen LogP contribution >= 0.6 is 11.6 Å². The zero-order valence-corrected chi connectivity index (χ0v) is 8.82. The summed E-state index contributed by atoms with van der Waals surface area (Å²) in [7, 11) is 0. The number of carboxylic acid groups (broad SMARTS) is 1. The third-order valence-electron chi connectivity index (χ3n) is 2.20. The smallest absolute Gasteiger partial charge is 0.307 e. The van der Waals surface area contributed by atoms with Crippen LogP contribution < -0.4 is 0 Å². The molecular weight excluding hydrogens is 216 g/mol. The van der Waals surface area contributed by atoms with Crippen molar-refractivity contribution in [3.05, 3.63) is 34.9 Å². The average molecular weight is 225 g/mol. The van der Waals surface area contributed by atoms with Crippen molar-refractivity contribution in [2.75, 3.05) is 0 Å². The molecule has 0 aliphatic carbocycles. The molecule has 4 nitrogen and oxygen atoms in total. The fourth-order valence-electron chi connectivity index (χ4n) is 1.52. The summed E-state index contributed by atoms with van der Waals surface area (Å²) in [6.45, 7) is 1.84. The van der Waals surface area contributed by atoms with E-state index >= 15 is 0 Å². The van der Waals surface area contributed by atoms with E-state index in [9.17, 15) is 4.79 Å². The molecule has 2 heterocycles. The van der Waals surface area contributed by atoms with Gasteiger partial charge in [0.05, 0.1) is 17.6 Å². The van der Waals surface area contributed by atoms with Gasteiger partial charge in [-0.15, -0.1) is 0 Å². The quantitative estimate of drug-likeness (QED) is 0.848. The second-order valence-corrected chi connectivity index (χ2v) is 3.67. The number of nitrogens with zero attached hydrogens (tertiary/aromatic N) is 2. The first kappa shape index (κ1) is 9.98. The van der Waals surface area contributed by atoms with Crippen molar-refractivity contribution < 1.29 is 9.90 Å². The molecule has 2 aromatic rings. The molecule has 0 radical (unpaired) electrons. The second-order valence-electron chi connectivity index (χ2n) is 3.33. The molecule has 15 heavy (non-hydrogen) atoms. The van der Waals surface area contributed by atoms with Crippen LogP contribution in [-0.4, -0.2) is 20.5 Å². The number of fused-ring (bicyclic) bond motifs is 1. The van der Waals surface area contributed by atoms with E-state index in [1.807, 2.05) is 6.92 Å². The summed E-state index contributed by atoms with van der Waals surface area (Å²) in [6, 6.07) is 3.52. The van der Waals surface area contributed by atoms with E-state index in [0.29, 0.717) is 5.28 Å². The lowest BCUT2D eigenvalue weighted by Gasteiger charge is -1.99. The van der Waals surface area contributed by atoms with Crippen molar-refractivity contribution in [1.82, 2.24) is 9.38 Å². The number of rotatable bonds is 2. The van der Waals surface area contributed by atoms with Gasteiger partial charge in [-0.3, -0.25) is 9.20 Å². The maximum atomic E-state index is 10.5. The first-order valence-electron chi connectivity index (χ1n) is 4.43. The van der Waals surface area contributed by atoms with Gasteiger partial charge in [0.2, 0.25) is 5.28 Å². The molecule has 2 rings (SSSR count). The number of imidazole rings is 1. The Bertz CT molecular complexity index is 533. The number of hydrogen-bond acceptors (Lipinski definition) is 2. The largest absolute Gasteiger partial charge is 0.481 e. The number of halogens is 1. The molecule has 78 valence electrons. The lowest BCUT2D eigenvalue weighted by molar-refractivity contribution is -0.136. The van der Waals surface area contributed by atoms with Crippen LogP contribution in [0.1, 0.15) is 11.3 Å². The Balaban J connectivity index is 2.55. The fourth-order valence-corrected chi connectivity index (χ4v) is 1.79. The summed E-state index contributed by atoms with van der Waals surface area (Å²) >= 11 is 5.87. The molecule has 2 aromatic heterocycles. The van der Waals surface area contributed by atoms with Gasteiger partial charge in [-0.25, -0.2) is 4.98 Å². The Hall–Kier alpha value is -1.55. The van der Waals surface area contributed by atoms with Crippen LogP contribution in [0.25, 0.3) is 5.52 Å². The highest BCUT2D eigenvalue weighted by Crippen LogP contribution is 2.17. The number of pyridine rings is 1. The van der Waals surface area contributed by atoms with Crippen molar-refractivity contribution in [1.29, 1.82) is 0 Å². The van der Waals surface area contributed by atoms with Gasteiger partial charge in [0.25, 0.3) is 0 Å². The van der Waals surface area contributed by atoms with Crippen molar-refractivity contribution >= 4 is 23.1 Å². The van der Waals surface area contributed by atoms with Gasteiger partial charge in [-0.1, -0.05) is 0 Å². The zero-order valence-electron chi connectivity index (χ0n) is 8.07. The Morgan fingerprint density at radius 3 is 3.07 bits per heavy atom. The minimum Gasteiger partial charge on any atom is -0.481 e. The molecule has 0 fully saturated rings. The summed E-state index contributed by atoms with van der Waals surface area (Å²) in [6.07, 6.45) is 1.74. The van der Waals surface area contributed by atoms with Crippen molar-refractivity contribution in [3.8, 4) is 0 Å². The minimum atomic E-state index is -0.845. The molecular formula is C10H9ClN2O2. The predicted molar refractivity (Wildman–Crippen MR) is 56.3 cm³/mol. The van der Waals surface area contributed by atoms with E-state index in [1.165, 1.54) is 0 Å². The van der Waals surface area contributed by atoms with E-state index in [-0.39, 0.29) is 6.42 Å². The number of aryl methyl sites for hydroxylation is 1. The molecule has 0 atom stereocenters. The Labute approximate surface area is 91.1 Å². The highest BCUT2D eigenvalue weighted by molar-refractivity contribution is 6.28. The van der Waals surface area contributed by atoms with Crippen LogP contribution in [0, 0.1) is 6.92 Å². The number of aliphatic carboxylic acids is 1. The lowest BCUT2D eigenvalue weighted by Crippen LogP contribution is -2.00. The van der Waals surface area contributed by atoms with E-state index in [1.54, 1.807) is 22.7 Å². The van der Waals surface area contributed by atoms with E-state index in [0.717, 1.165) is 16.8 Å². The van der Waals surface area contributed by atoms with Crippen LogP contribution in [0.5, 0.6) is 0 Å². The van der Waals surface area contributed by atoms with Gasteiger partial charge in [0.1, 0.15) is 0 Å². The van der Waals surface area contributed by atoms with Crippen LogP contribution in [0.4, 0.5) is 0 Å². The highest BCUT2D eigenvalue weighted by Gasteiger charge is 2.07. The zero-order chi connectivity index (χ0) is 11.0. The molecule has 0 bridgehead atoms. The van der Waals surface area contributed by atoms with Gasteiger partial charge < -0.3 is 5.11 Å². The van der Waals surface area contributed by atoms with Gasteiger partial charge in [-0.05, 0) is 36.2 Å². The van der Waals surface area contributed by atoms with Gasteiger partial charge in [0, 0.05) is 6.20 Å². The molecule has 0 aromatic carbocycles. The van der Waals surface area contributed by atoms with E-state index < -0.39 is 5.97 Å². The van der Waals surface area contributed by atoms with Crippen molar-refractivity contribution in [2.45, 2.75) is 13.3 Å². The van der Waals surface area contributed by atoms with Crippen LogP contribution in [0.15, 0.2) is 18.3 Å². The molecule has 0 saturated carbocycles. The molecule has 1 N–H and O–H groups in total. The SMILES string of the molecule is Cc1nc(Cl)n2ccc(CC(=O)O)cc12. The van der Waals surface area contributed by atoms with Gasteiger partial charge >= 0.3 is 5.97 Å². The number of carboxylic acids is 1. The number of carbonyl (C=O) groups is 1. The molecule has 0 aliphatic heterocycles. The normalized spacial score (nSPS) is 10.8. The topological polar surface area (TPSA) is 54.6 Å². The summed E-state index contributed by atoms with van der Waals surface area (Å²) in [5.41, 5.74) is 2.39. The maximum Gasteiger partial charge on any atom is 0.307 e. The molecule has 0 unspecified atom stereocenters. The summed E-state index contributed by atoms with van der Waals surface area (Å²) in [5.74, 6) is -0.845. The predicted octanol–water partition coefficient (Wildman–Crippen LogP) is 1.92. The highest BCUT2D eigenvalue weighted by atomic mass is 35.5. The molecule has 0 amide bonds. The molecule has 0 aliphatic rings. The van der Waals surface area contributed by atoms with Crippen LogP contribution in [0.2, 0.25) is 5.28 Å². The van der Waals surface area contributed by atoms with Crippen molar-refractivity contribution in [2.24, 2.45) is 0 Å². The summed E-state index contributed by atoms with van der Waals surface area (Å²) in [4.78, 5) is 14.6. The Morgan fingerprint density at radius 2 is 2.40 bits per heavy atom. The van der Waals surface area contributed by atoms with Crippen LogP contribution in [-0.2, 0) is 11.2 Å². The number of aromatic nitrogens is 2. The lowest BCUT2D eigenvalue weighted by atomic mass is 10.2. The first-order chi connectivity index (χ1) is 7.08. The summed E-state index contributed by atoms with van der Waals surface area (Å²) < 4.78 is 1.72. The standard InChI is InChI=1S/C10H9ClN2O2/c1-6-8-4-7(5-9(14)15)2-3-13(8)10(11)12-6/h2-4H,5H2,1H3,(H,14,15). The Morgan fingerprint density at radius 1 is 1.67 bits per heavy atom. The molecule has 0 spiro atoms. The monoisotopic (exact) mass is 224 g/mol. The second kappa shape index (κ2) is 3.55. The number of hydrogen-bond donors (Lipinski definition) is 1. The van der Waals surface area contributed by atoms with Gasteiger partial charge in [-0.2, -0.15) is 0 Å². The maximum absolute atomic E-state index is 10.5. The summed E-state index contributed by atoms with van der Waals surface area (Å²) in [5, 5.41) is 9.06. The molecule has 5 heteroatoms. The molecule has 0 saturated heterocycles. The fraction of sp³-hybridized carbons (Fsp3) is 0.200. The van der Waals surface area contributed by atoms with Crippen molar-refractivity contribution in [3.63, 3.8) is 0 Å². The first-order valence-corrected chi connectivity index (χ1v) is 4.80. The third-order valence-corrected chi connectivity index (χ3v) is 2.47. The minimum absolute atomic E-state index is 0.0126. The Kier molecular flexibility index (Phi) is 2.36. The van der Waals surface area contributed by atoms with E-state index in [2.05, 4.69) is 4.98 Å².